The lowest BCUT2D eigenvalue weighted by molar-refractivity contribution is 0.340. The normalized spacial score (nSPS) is 9.29. The molecule has 1 aromatic rings. The fourth-order valence-corrected chi connectivity index (χ4v) is 1.09. The van der Waals surface area contributed by atoms with E-state index >= 15 is 0 Å². The summed E-state index contributed by atoms with van der Waals surface area (Å²) in [6, 6.07) is 7.47. The molecule has 0 aromatic heterocycles. The van der Waals surface area contributed by atoms with E-state index in [1.165, 1.54) is 0 Å². The third-order valence-corrected chi connectivity index (χ3v) is 1.77. The maximum absolute atomic E-state index is 5.29. The Morgan fingerprint density at radius 2 is 2.07 bits per heavy atom. The fraction of sp³-hybridized carbons (Fsp3) is 0.222. The first kappa shape index (κ1) is 10.7. The summed E-state index contributed by atoms with van der Waals surface area (Å²) in [4.78, 5) is 0. The molecule has 0 unspecified atom stereocenters. The summed E-state index contributed by atoms with van der Waals surface area (Å²) in [6.45, 7) is 2.61. The monoisotopic (exact) mass is 211 g/mol. The van der Waals surface area contributed by atoms with Crippen LogP contribution in [0.1, 0.15) is 6.92 Å². The van der Waals surface area contributed by atoms with Crippen LogP contribution in [0.4, 0.5) is 5.69 Å². The van der Waals surface area contributed by atoms with Gasteiger partial charge in [0.15, 0.2) is 5.11 Å². The van der Waals surface area contributed by atoms with Crippen LogP contribution in [0.3, 0.4) is 0 Å². The van der Waals surface area contributed by atoms with Gasteiger partial charge in [0.25, 0.3) is 0 Å². The average Bonchev–Trinajstić information content (AvgIpc) is 2.21. The van der Waals surface area contributed by atoms with Gasteiger partial charge in [0.2, 0.25) is 0 Å². The zero-order valence-corrected chi connectivity index (χ0v) is 8.73. The number of hydrazine groups is 1. The molecule has 0 aliphatic carbocycles. The molecule has 0 aliphatic heterocycles. The maximum atomic E-state index is 5.29. The molecule has 0 radical (unpaired) electrons. The molecule has 0 spiro atoms. The molecule has 1 rings (SSSR count). The van der Waals surface area contributed by atoms with Crippen molar-refractivity contribution in [1.82, 2.24) is 5.43 Å². The molecule has 0 saturated carbocycles. The van der Waals surface area contributed by atoms with Crippen molar-refractivity contribution < 1.29 is 4.74 Å². The highest BCUT2D eigenvalue weighted by molar-refractivity contribution is 7.80. The molecule has 0 fully saturated rings. The van der Waals surface area contributed by atoms with Crippen LogP contribution >= 0.6 is 12.2 Å². The number of anilines is 1. The maximum Gasteiger partial charge on any atom is 0.185 e. The number of nitrogens with one attached hydrogen (secondary N) is 2. The minimum absolute atomic E-state index is 0.383. The molecule has 76 valence electrons. The van der Waals surface area contributed by atoms with Crippen LogP contribution in [-0.2, 0) is 0 Å². The Morgan fingerprint density at radius 3 is 2.57 bits per heavy atom. The van der Waals surface area contributed by atoms with Crippen molar-refractivity contribution >= 4 is 23.0 Å². The Bertz CT molecular complexity index is 299. The molecule has 0 aliphatic rings. The zero-order chi connectivity index (χ0) is 10.4. The molecular weight excluding hydrogens is 198 g/mol. The van der Waals surface area contributed by atoms with E-state index < -0.39 is 0 Å². The zero-order valence-electron chi connectivity index (χ0n) is 7.91. The lowest BCUT2D eigenvalue weighted by atomic mass is 10.3. The molecule has 1 aromatic carbocycles. The van der Waals surface area contributed by atoms with Gasteiger partial charge in [-0.05, 0) is 43.4 Å². The van der Waals surface area contributed by atoms with E-state index in [1.807, 2.05) is 31.2 Å². The van der Waals surface area contributed by atoms with E-state index in [1.54, 1.807) is 0 Å². The van der Waals surface area contributed by atoms with E-state index in [2.05, 4.69) is 10.7 Å². The lowest BCUT2D eigenvalue weighted by Gasteiger charge is -2.07. The van der Waals surface area contributed by atoms with Crippen LogP contribution in [0.5, 0.6) is 5.75 Å². The van der Waals surface area contributed by atoms with Crippen molar-refractivity contribution in [3.63, 3.8) is 0 Å². The molecule has 5 heteroatoms. The Kier molecular flexibility index (Phi) is 4.15. The smallest absolute Gasteiger partial charge is 0.185 e. The van der Waals surface area contributed by atoms with Gasteiger partial charge in [-0.1, -0.05) is 0 Å². The van der Waals surface area contributed by atoms with Gasteiger partial charge in [-0.2, -0.15) is 0 Å². The van der Waals surface area contributed by atoms with E-state index in [4.69, 9.17) is 22.8 Å². The van der Waals surface area contributed by atoms with Gasteiger partial charge in [0, 0.05) is 5.69 Å². The molecule has 0 bridgehead atoms. The molecule has 14 heavy (non-hydrogen) atoms. The summed E-state index contributed by atoms with van der Waals surface area (Å²) in [5.74, 6) is 5.96. The number of hydrogen-bond acceptors (Lipinski definition) is 3. The molecule has 4 nitrogen and oxygen atoms in total. The number of thiocarbonyl (C=S) groups is 1. The van der Waals surface area contributed by atoms with Crippen LogP contribution < -0.4 is 21.3 Å². The molecule has 0 atom stereocenters. The van der Waals surface area contributed by atoms with Crippen molar-refractivity contribution in [2.75, 3.05) is 11.9 Å². The summed E-state index contributed by atoms with van der Waals surface area (Å²) in [5, 5.41) is 3.28. The fourth-order valence-electron chi connectivity index (χ4n) is 0.968. The van der Waals surface area contributed by atoms with Crippen LogP contribution in [0.2, 0.25) is 0 Å². The van der Waals surface area contributed by atoms with E-state index in [9.17, 15) is 0 Å². The van der Waals surface area contributed by atoms with Crippen LogP contribution in [0, 0.1) is 0 Å². The summed E-state index contributed by atoms with van der Waals surface area (Å²) in [6.07, 6.45) is 0. The molecule has 0 heterocycles. The lowest BCUT2D eigenvalue weighted by Crippen LogP contribution is -2.34. The average molecular weight is 211 g/mol. The van der Waals surface area contributed by atoms with Gasteiger partial charge in [-0.25, -0.2) is 5.84 Å². The molecule has 0 amide bonds. The Labute approximate surface area is 88.4 Å². The second-order valence-corrected chi connectivity index (χ2v) is 2.96. The Morgan fingerprint density at radius 1 is 1.43 bits per heavy atom. The third kappa shape index (κ3) is 3.20. The second-order valence-electron chi connectivity index (χ2n) is 2.56. The van der Waals surface area contributed by atoms with Gasteiger partial charge < -0.3 is 15.5 Å². The van der Waals surface area contributed by atoms with Gasteiger partial charge >= 0.3 is 0 Å². The highest BCUT2D eigenvalue weighted by Gasteiger charge is 1.95. The standard InChI is InChI=1S/C9H13N3OS/c1-2-13-8-5-3-7(4-6-8)11-9(14)12-10/h3-6H,2,10H2,1H3,(H2,11,12,14). The Balaban J connectivity index is 2.59. The van der Waals surface area contributed by atoms with Crippen molar-refractivity contribution in [3.05, 3.63) is 24.3 Å². The first-order chi connectivity index (χ1) is 6.76. The second kappa shape index (κ2) is 5.41. The van der Waals surface area contributed by atoms with E-state index in [-0.39, 0.29) is 0 Å². The molecular formula is C9H13N3OS. The van der Waals surface area contributed by atoms with Crippen molar-refractivity contribution in [2.24, 2.45) is 5.84 Å². The Hall–Kier alpha value is -1.33. The van der Waals surface area contributed by atoms with Crippen molar-refractivity contribution in [1.29, 1.82) is 0 Å². The van der Waals surface area contributed by atoms with Gasteiger partial charge in [0.05, 0.1) is 6.61 Å². The van der Waals surface area contributed by atoms with Crippen molar-refractivity contribution in [3.8, 4) is 5.75 Å². The summed E-state index contributed by atoms with van der Waals surface area (Å²) in [5.41, 5.74) is 3.21. The van der Waals surface area contributed by atoms with Crippen LogP contribution in [-0.4, -0.2) is 11.7 Å². The predicted octanol–water partition coefficient (Wildman–Crippen LogP) is 1.25. The molecule has 4 N–H and O–H groups in total. The highest BCUT2D eigenvalue weighted by Crippen LogP contribution is 2.15. The van der Waals surface area contributed by atoms with Crippen LogP contribution in [0.25, 0.3) is 0 Å². The summed E-state index contributed by atoms with van der Waals surface area (Å²) >= 11 is 4.84. The minimum atomic E-state index is 0.383. The van der Waals surface area contributed by atoms with Crippen LogP contribution in [0.15, 0.2) is 24.3 Å². The first-order valence-corrected chi connectivity index (χ1v) is 4.67. The number of benzene rings is 1. The summed E-state index contributed by atoms with van der Waals surface area (Å²) < 4.78 is 5.29. The number of ether oxygens (including phenoxy) is 1. The number of nitrogens with two attached hydrogens (primary N) is 1. The quantitative estimate of drug-likeness (QED) is 0.399. The van der Waals surface area contributed by atoms with Gasteiger partial charge in [0.1, 0.15) is 5.75 Å². The minimum Gasteiger partial charge on any atom is -0.494 e. The summed E-state index contributed by atoms with van der Waals surface area (Å²) in [7, 11) is 0. The topological polar surface area (TPSA) is 59.3 Å². The van der Waals surface area contributed by atoms with Gasteiger partial charge in [-0.15, -0.1) is 0 Å². The highest BCUT2D eigenvalue weighted by atomic mass is 32.1. The van der Waals surface area contributed by atoms with Gasteiger partial charge in [-0.3, -0.25) is 0 Å². The number of hydrogen-bond donors (Lipinski definition) is 3. The number of rotatable bonds is 3. The van der Waals surface area contributed by atoms with E-state index in [0.29, 0.717) is 11.7 Å². The SMILES string of the molecule is CCOc1ccc(NC(=S)NN)cc1. The first-order valence-electron chi connectivity index (χ1n) is 4.26. The third-order valence-electron chi connectivity index (χ3n) is 1.55. The largest absolute Gasteiger partial charge is 0.494 e. The van der Waals surface area contributed by atoms with Crippen molar-refractivity contribution in [2.45, 2.75) is 6.92 Å². The predicted molar refractivity (Wildman–Crippen MR) is 61.2 cm³/mol. The molecule has 0 saturated heterocycles. The van der Waals surface area contributed by atoms with E-state index in [0.717, 1.165) is 11.4 Å².